The average molecular weight is 368 g/mol. The van der Waals surface area contributed by atoms with Gasteiger partial charge in [0.05, 0.1) is 21.5 Å². The zero-order valence-corrected chi connectivity index (χ0v) is 15.1. The molecule has 0 radical (unpaired) electrons. The van der Waals surface area contributed by atoms with Crippen LogP contribution in [-0.2, 0) is 0 Å². The Morgan fingerprint density at radius 1 is 1.15 bits per heavy atom. The van der Waals surface area contributed by atoms with Crippen LogP contribution in [0.1, 0.15) is 13.8 Å². The van der Waals surface area contributed by atoms with Gasteiger partial charge in [-0.05, 0) is 43.7 Å². The maximum Gasteiger partial charge on any atom is 0.272 e. The van der Waals surface area contributed by atoms with Crippen LogP contribution in [-0.4, -0.2) is 21.2 Å². The Morgan fingerprint density at radius 2 is 1.96 bits per heavy atom. The Morgan fingerprint density at radius 3 is 2.73 bits per heavy atom. The summed E-state index contributed by atoms with van der Waals surface area (Å²) in [6.45, 7) is 4.11. The first-order valence-corrected chi connectivity index (χ1v) is 9.07. The van der Waals surface area contributed by atoms with E-state index in [4.69, 9.17) is 0 Å². The first kappa shape index (κ1) is 16.5. The summed E-state index contributed by atoms with van der Waals surface area (Å²) in [5, 5.41) is 9.50. The van der Waals surface area contributed by atoms with Crippen molar-refractivity contribution in [3.05, 3.63) is 58.6 Å². The number of halogens is 1. The minimum absolute atomic E-state index is 0.285. The van der Waals surface area contributed by atoms with E-state index in [1.165, 1.54) is 17.4 Å². The molecule has 0 fully saturated rings. The first-order valence-electron chi connectivity index (χ1n) is 8.26. The highest BCUT2D eigenvalue weighted by atomic mass is 32.1. The Labute approximate surface area is 152 Å². The highest BCUT2D eigenvalue weighted by Gasteiger charge is 2.17. The summed E-state index contributed by atoms with van der Waals surface area (Å²) in [6, 6.07) is 12.3. The van der Waals surface area contributed by atoms with E-state index < -0.39 is 0 Å². The monoisotopic (exact) mass is 368 g/mol. The van der Waals surface area contributed by atoms with Crippen molar-refractivity contribution in [2.75, 3.05) is 5.32 Å². The number of rotatable bonds is 4. The number of aromatic amines is 2. The quantitative estimate of drug-likeness (QED) is 0.493. The van der Waals surface area contributed by atoms with E-state index in [0.29, 0.717) is 16.8 Å². The van der Waals surface area contributed by atoms with Crippen LogP contribution >= 0.6 is 11.3 Å². The van der Waals surface area contributed by atoms with Crippen LogP contribution in [0.3, 0.4) is 0 Å². The van der Waals surface area contributed by atoms with E-state index in [-0.39, 0.29) is 17.4 Å². The van der Waals surface area contributed by atoms with E-state index in [1.54, 1.807) is 18.2 Å². The fourth-order valence-electron chi connectivity index (χ4n) is 2.89. The lowest BCUT2D eigenvalue weighted by molar-refractivity contribution is 0.630. The number of H-pyrrole nitrogens is 2. The number of nitrogens with one attached hydrogen (secondary N) is 3. The van der Waals surface area contributed by atoms with Crippen LogP contribution in [0, 0.1) is 5.82 Å². The number of benzene rings is 2. The van der Waals surface area contributed by atoms with Crippen LogP contribution in [0.2, 0.25) is 0 Å². The molecule has 132 valence electrons. The van der Waals surface area contributed by atoms with Crippen molar-refractivity contribution in [2.24, 2.45) is 0 Å². The molecule has 4 rings (SSSR count). The van der Waals surface area contributed by atoms with Crippen molar-refractivity contribution in [2.45, 2.75) is 19.9 Å². The molecule has 0 saturated heterocycles. The summed E-state index contributed by atoms with van der Waals surface area (Å²) in [6.07, 6.45) is 0. The Balaban J connectivity index is 1.85. The first-order chi connectivity index (χ1) is 12.5. The Kier molecular flexibility index (Phi) is 4.08. The fraction of sp³-hybridized carbons (Fsp3) is 0.158. The number of nitrogens with zero attached hydrogens (tertiary/aromatic N) is 1. The van der Waals surface area contributed by atoms with Gasteiger partial charge in [-0.15, -0.1) is 0 Å². The number of hydrogen-bond donors (Lipinski definition) is 3. The maximum absolute atomic E-state index is 14.2. The number of hydrogen-bond acceptors (Lipinski definition) is 4. The van der Waals surface area contributed by atoms with Crippen molar-refractivity contribution >= 4 is 26.7 Å². The molecular formula is C19H17FN4OS. The molecule has 2 aromatic heterocycles. The molecule has 26 heavy (non-hydrogen) atoms. The van der Waals surface area contributed by atoms with Crippen molar-refractivity contribution in [1.82, 2.24) is 15.2 Å². The third-order valence-electron chi connectivity index (χ3n) is 4.01. The Hall–Kier alpha value is -2.93. The number of anilines is 1. The molecule has 3 N–H and O–H groups in total. The predicted molar refractivity (Wildman–Crippen MR) is 104 cm³/mol. The molecule has 0 amide bonds. The summed E-state index contributed by atoms with van der Waals surface area (Å²) in [4.78, 5) is 16.9. The highest BCUT2D eigenvalue weighted by Crippen LogP contribution is 2.33. The molecule has 7 heteroatoms. The maximum atomic E-state index is 14.2. The predicted octanol–water partition coefficient (Wildman–Crippen LogP) is 4.61. The molecule has 0 spiro atoms. The molecule has 5 nitrogen and oxygen atoms in total. The van der Waals surface area contributed by atoms with E-state index in [1.807, 2.05) is 18.2 Å². The minimum atomic E-state index is -0.383. The largest absolute Gasteiger partial charge is 0.359 e. The SMILES string of the molecule is CC(C)Nc1nc2ccc(-c3c(-c4ccccc4F)[nH][nH]c3=O)cc2s1. The lowest BCUT2D eigenvalue weighted by atomic mass is 10.0. The van der Waals surface area contributed by atoms with Gasteiger partial charge in [-0.3, -0.25) is 15.0 Å². The topological polar surface area (TPSA) is 73.6 Å². The van der Waals surface area contributed by atoms with Gasteiger partial charge in [-0.2, -0.15) is 0 Å². The molecule has 0 aliphatic carbocycles. The lowest BCUT2D eigenvalue weighted by Crippen LogP contribution is -2.08. The van der Waals surface area contributed by atoms with Gasteiger partial charge >= 0.3 is 0 Å². The summed E-state index contributed by atoms with van der Waals surface area (Å²) >= 11 is 1.53. The molecule has 0 unspecified atom stereocenters. The van der Waals surface area contributed by atoms with Gasteiger partial charge in [0.2, 0.25) is 0 Å². The second kappa shape index (κ2) is 6.42. The van der Waals surface area contributed by atoms with E-state index in [9.17, 15) is 9.18 Å². The molecule has 0 aliphatic rings. The normalized spacial score (nSPS) is 11.4. The van der Waals surface area contributed by atoms with E-state index >= 15 is 0 Å². The third-order valence-corrected chi connectivity index (χ3v) is 4.96. The van der Waals surface area contributed by atoms with E-state index in [0.717, 1.165) is 20.9 Å². The van der Waals surface area contributed by atoms with Crippen LogP contribution in [0.25, 0.3) is 32.6 Å². The van der Waals surface area contributed by atoms with E-state index in [2.05, 4.69) is 34.3 Å². The van der Waals surface area contributed by atoms with Gasteiger partial charge in [-0.1, -0.05) is 29.5 Å². The summed E-state index contributed by atoms with van der Waals surface area (Å²) < 4.78 is 15.2. The molecule has 0 atom stereocenters. The van der Waals surface area contributed by atoms with Gasteiger partial charge in [0.1, 0.15) is 5.82 Å². The van der Waals surface area contributed by atoms with Gasteiger partial charge in [0.15, 0.2) is 5.13 Å². The minimum Gasteiger partial charge on any atom is -0.359 e. The summed E-state index contributed by atoms with van der Waals surface area (Å²) in [5.74, 6) is -0.383. The van der Waals surface area contributed by atoms with Gasteiger partial charge in [-0.25, -0.2) is 9.37 Å². The Bertz CT molecular complexity index is 1140. The molecule has 2 heterocycles. The molecule has 0 aliphatic heterocycles. The van der Waals surface area contributed by atoms with Crippen LogP contribution in [0.4, 0.5) is 9.52 Å². The zero-order chi connectivity index (χ0) is 18.3. The van der Waals surface area contributed by atoms with Crippen molar-refractivity contribution in [1.29, 1.82) is 0 Å². The summed E-state index contributed by atoms with van der Waals surface area (Å²) in [5.41, 5.74) is 2.51. The third kappa shape index (κ3) is 2.90. The molecule has 0 saturated carbocycles. The standard InChI is InChI=1S/C19H17FN4OS/c1-10(2)21-19-22-14-8-7-11(9-15(14)26-19)16-17(23-24-18(16)25)12-5-3-4-6-13(12)20/h3-10H,1-2H3,(H,21,22)(H2,23,24,25). The van der Waals surface area contributed by atoms with Crippen molar-refractivity contribution in [3.63, 3.8) is 0 Å². The second-order valence-corrected chi connectivity index (χ2v) is 7.34. The molecular weight excluding hydrogens is 351 g/mol. The zero-order valence-electron chi connectivity index (χ0n) is 14.3. The number of aromatic nitrogens is 3. The number of fused-ring (bicyclic) bond motifs is 1. The van der Waals surface area contributed by atoms with Gasteiger partial charge in [0, 0.05) is 11.6 Å². The molecule has 2 aromatic carbocycles. The average Bonchev–Trinajstić information content (AvgIpc) is 3.16. The van der Waals surface area contributed by atoms with Gasteiger partial charge in [0.25, 0.3) is 5.56 Å². The lowest BCUT2D eigenvalue weighted by Gasteiger charge is -2.04. The fourth-order valence-corrected chi connectivity index (χ4v) is 3.94. The number of thiazole rings is 1. The van der Waals surface area contributed by atoms with Crippen molar-refractivity contribution < 1.29 is 4.39 Å². The van der Waals surface area contributed by atoms with Crippen LogP contribution in [0.5, 0.6) is 0 Å². The smallest absolute Gasteiger partial charge is 0.272 e. The second-order valence-electron chi connectivity index (χ2n) is 6.31. The van der Waals surface area contributed by atoms with Gasteiger partial charge < -0.3 is 5.32 Å². The summed E-state index contributed by atoms with van der Waals surface area (Å²) in [7, 11) is 0. The van der Waals surface area contributed by atoms with Crippen LogP contribution in [0.15, 0.2) is 47.3 Å². The molecule has 0 bridgehead atoms. The van der Waals surface area contributed by atoms with Crippen LogP contribution < -0.4 is 10.9 Å². The highest BCUT2D eigenvalue weighted by molar-refractivity contribution is 7.22. The van der Waals surface area contributed by atoms with Crippen molar-refractivity contribution in [3.8, 4) is 22.4 Å². The molecule has 4 aromatic rings.